The van der Waals surface area contributed by atoms with Crippen LogP contribution >= 0.6 is 15.9 Å². The van der Waals surface area contributed by atoms with Crippen molar-refractivity contribution in [2.45, 2.75) is 19.5 Å². The van der Waals surface area contributed by atoms with Gasteiger partial charge in [0.25, 0.3) is 0 Å². The fourth-order valence-electron chi connectivity index (χ4n) is 1.01. The number of aliphatic hydroxyl groups excluding tert-OH is 1. The molecule has 0 heterocycles. The second-order valence-corrected chi connectivity index (χ2v) is 4.07. The van der Waals surface area contributed by atoms with Gasteiger partial charge in [0.2, 0.25) is 0 Å². The summed E-state index contributed by atoms with van der Waals surface area (Å²) in [6.45, 7) is 2.61. The summed E-state index contributed by atoms with van der Waals surface area (Å²) >= 11 is 3.12. The molecular weight excluding hydrogens is 249 g/mol. The Morgan fingerprint density at radius 3 is 2.86 bits per heavy atom. The number of aliphatic hydroxyl groups is 1. The standard InChI is InChI=1S/C10H13BrFNO/c1-7(6-14)13-5-8-2-3-10(12)9(11)4-8/h2-4,7,13-14H,5-6H2,1H3/t7-/m0/s1. The summed E-state index contributed by atoms with van der Waals surface area (Å²) in [5.41, 5.74) is 0.985. The monoisotopic (exact) mass is 261 g/mol. The molecule has 0 aromatic heterocycles. The Morgan fingerprint density at radius 2 is 2.29 bits per heavy atom. The molecule has 2 nitrogen and oxygen atoms in total. The van der Waals surface area contributed by atoms with Crippen LogP contribution in [0.2, 0.25) is 0 Å². The van der Waals surface area contributed by atoms with Gasteiger partial charge in [0, 0.05) is 12.6 Å². The molecule has 0 fully saturated rings. The summed E-state index contributed by atoms with van der Waals surface area (Å²) in [5, 5.41) is 11.9. The minimum absolute atomic E-state index is 0.0545. The van der Waals surface area contributed by atoms with E-state index in [1.54, 1.807) is 12.1 Å². The van der Waals surface area contributed by atoms with E-state index in [9.17, 15) is 4.39 Å². The van der Waals surface area contributed by atoms with E-state index in [0.29, 0.717) is 11.0 Å². The quantitative estimate of drug-likeness (QED) is 0.870. The van der Waals surface area contributed by atoms with Gasteiger partial charge in [-0.15, -0.1) is 0 Å². The molecule has 2 N–H and O–H groups in total. The highest BCUT2D eigenvalue weighted by atomic mass is 79.9. The summed E-state index contributed by atoms with van der Waals surface area (Å²) in [4.78, 5) is 0. The molecule has 0 aliphatic heterocycles. The van der Waals surface area contributed by atoms with E-state index in [-0.39, 0.29) is 18.5 Å². The summed E-state index contributed by atoms with van der Waals surface area (Å²) in [5.74, 6) is -0.260. The van der Waals surface area contributed by atoms with Crippen LogP contribution in [-0.4, -0.2) is 17.8 Å². The van der Waals surface area contributed by atoms with E-state index in [2.05, 4.69) is 21.2 Å². The first kappa shape index (κ1) is 11.6. The van der Waals surface area contributed by atoms with Crippen molar-refractivity contribution in [1.29, 1.82) is 0 Å². The van der Waals surface area contributed by atoms with Gasteiger partial charge < -0.3 is 10.4 Å². The van der Waals surface area contributed by atoms with Crippen LogP contribution in [0.15, 0.2) is 22.7 Å². The average molecular weight is 262 g/mol. The summed E-state index contributed by atoms with van der Waals surface area (Å²) in [7, 11) is 0. The van der Waals surface area contributed by atoms with Gasteiger partial charge in [-0.25, -0.2) is 4.39 Å². The molecule has 0 saturated heterocycles. The number of halogens is 2. The molecule has 0 amide bonds. The first-order valence-electron chi connectivity index (χ1n) is 4.41. The van der Waals surface area contributed by atoms with Crippen molar-refractivity contribution in [3.05, 3.63) is 34.1 Å². The van der Waals surface area contributed by atoms with E-state index < -0.39 is 0 Å². The first-order chi connectivity index (χ1) is 6.63. The minimum atomic E-state index is -0.260. The van der Waals surface area contributed by atoms with E-state index in [4.69, 9.17) is 5.11 Å². The van der Waals surface area contributed by atoms with Gasteiger partial charge in [-0.05, 0) is 40.5 Å². The zero-order valence-electron chi connectivity index (χ0n) is 7.93. The summed E-state index contributed by atoms with van der Waals surface area (Å²) in [6.07, 6.45) is 0. The molecule has 1 aromatic carbocycles. The topological polar surface area (TPSA) is 32.3 Å². The van der Waals surface area contributed by atoms with Crippen molar-refractivity contribution in [3.8, 4) is 0 Å². The molecule has 1 atom stereocenters. The first-order valence-corrected chi connectivity index (χ1v) is 5.21. The highest BCUT2D eigenvalue weighted by Crippen LogP contribution is 2.16. The molecule has 0 bridgehead atoms. The third-order valence-corrected chi connectivity index (χ3v) is 2.52. The summed E-state index contributed by atoms with van der Waals surface area (Å²) < 4.78 is 13.3. The zero-order valence-corrected chi connectivity index (χ0v) is 9.51. The largest absolute Gasteiger partial charge is 0.395 e. The van der Waals surface area contributed by atoms with Crippen molar-refractivity contribution in [3.63, 3.8) is 0 Å². The van der Waals surface area contributed by atoms with E-state index in [1.165, 1.54) is 6.07 Å². The van der Waals surface area contributed by atoms with Crippen molar-refractivity contribution in [2.75, 3.05) is 6.61 Å². The molecule has 0 aliphatic carbocycles. The third-order valence-electron chi connectivity index (χ3n) is 1.91. The van der Waals surface area contributed by atoms with Crippen LogP contribution in [0.25, 0.3) is 0 Å². The molecule has 0 aliphatic rings. The molecule has 14 heavy (non-hydrogen) atoms. The lowest BCUT2D eigenvalue weighted by Gasteiger charge is -2.10. The second-order valence-electron chi connectivity index (χ2n) is 3.21. The van der Waals surface area contributed by atoms with Crippen LogP contribution in [0.5, 0.6) is 0 Å². The third kappa shape index (κ3) is 3.36. The molecule has 4 heteroatoms. The molecule has 1 aromatic rings. The van der Waals surface area contributed by atoms with Crippen molar-refractivity contribution < 1.29 is 9.50 Å². The predicted molar refractivity (Wildman–Crippen MR) is 57.5 cm³/mol. The highest BCUT2D eigenvalue weighted by molar-refractivity contribution is 9.10. The molecule has 0 saturated carbocycles. The van der Waals surface area contributed by atoms with Crippen molar-refractivity contribution >= 4 is 15.9 Å². The fraction of sp³-hybridized carbons (Fsp3) is 0.400. The van der Waals surface area contributed by atoms with E-state index in [1.807, 2.05) is 6.92 Å². The normalized spacial score (nSPS) is 12.9. The molecule has 0 radical (unpaired) electrons. The van der Waals surface area contributed by atoms with Gasteiger partial charge in [-0.3, -0.25) is 0 Å². The van der Waals surface area contributed by atoms with E-state index >= 15 is 0 Å². The van der Waals surface area contributed by atoms with Crippen molar-refractivity contribution in [2.24, 2.45) is 0 Å². The SMILES string of the molecule is C[C@@H](CO)NCc1ccc(F)c(Br)c1. The highest BCUT2D eigenvalue weighted by Gasteiger charge is 2.02. The van der Waals surface area contributed by atoms with Crippen LogP contribution < -0.4 is 5.32 Å². The lowest BCUT2D eigenvalue weighted by Crippen LogP contribution is -2.28. The predicted octanol–water partition coefficient (Wildman–Crippen LogP) is 2.06. The van der Waals surface area contributed by atoms with Crippen LogP contribution in [0.1, 0.15) is 12.5 Å². The van der Waals surface area contributed by atoms with Gasteiger partial charge in [-0.2, -0.15) is 0 Å². The lowest BCUT2D eigenvalue weighted by atomic mass is 10.2. The maximum Gasteiger partial charge on any atom is 0.137 e. The molecule has 0 unspecified atom stereocenters. The Kier molecular flexibility index (Phi) is 4.51. The van der Waals surface area contributed by atoms with Crippen LogP contribution in [0.3, 0.4) is 0 Å². The fourth-order valence-corrected chi connectivity index (χ4v) is 1.43. The maximum absolute atomic E-state index is 12.9. The van der Waals surface area contributed by atoms with Gasteiger partial charge in [0.1, 0.15) is 5.82 Å². The van der Waals surface area contributed by atoms with Crippen molar-refractivity contribution in [1.82, 2.24) is 5.32 Å². The number of hydrogen-bond acceptors (Lipinski definition) is 2. The Balaban J connectivity index is 2.55. The van der Waals surface area contributed by atoms with Crippen LogP contribution in [0.4, 0.5) is 4.39 Å². The van der Waals surface area contributed by atoms with Crippen LogP contribution in [-0.2, 0) is 6.54 Å². The second kappa shape index (κ2) is 5.44. The van der Waals surface area contributed by atoms with Gasteiger partial charge in [0.15, 0.2) is 0 Å². The van der Waals surface area contributed by atoms with E-state index in [0.717, 1.165) is 5.56 Å². The van der Waals surface area contributed by atoms with Gasteiger partial charge >= 0.3 is 0 Å². The number of rotatable bonds is 4. The van der Waals surface area contributed by atoms with Crippen LogP contribution in [0, 0.1) is 5.82 Å². The zero-order chi connectivity index (χ0) is 10.6. The smallest absolute Gasteiger partial charge is 0.137 e. The maximum atomic E-state index is 12.9. The average Bonchev–Trinajstić information content (AvgIpc) is 2.19. The van der Waals surface area contributed by atoms with Gasteiger partial charge in [0.05, 0.1) is 11.1 Å². The number of benzene rings is 1. The Bertz CT molecular complexity index is 306. The summed E-state index contributed by atoms with van der Waals surface area (Å²) in [6, 6.07) is 4.92. The lowest BCUT2D eigenvalue weighted by molar-refractivity contribution is 0.251. The molecule has 1 rings (SSSR count). The molecule has 0 spiro atoms. The minimum Gasteiger partial charge on any atom is -0.395 e. The number of nitrogens with one attached hydrogen (secondary N) is 1. The Hall–Kier alpha value is -0.450. The molecule has 78 valence electrons. The molecular formula is C10H13BrFNO. The van der Waals surface area contributed by atoms with Gasteiger partial charge in [-0.1, -0.05) is 6.07 Å². The Morgan fingerprint density at radius 1 is 1.57 bits per heavy atom. The Labute approximate surface area is 91.3 Å². The number of hydrogen-bond donors (Lipinski definition) is 2.